The lowest BCUT2D eigenvalue weighted by Crippen LogP contribution is -2.40. The zero-order valence-electron chi connectivity index (χ0n) is 9.72. The van der Waals surface area contributed by atoms with E-state index in [1.165, 1.54) is 13.0 Å². The third kappa shape index (κ3) is 3.16. The molecule has 8 heteroatoms. The molecule has 5 N–H and O–H groups in total. The molecule has 0 fully saturated rings. The summed E-state index contributed by atoms with van der Waals surface area (Å²) >= 11 is 0. The maximum Gasteiger partial charge on any atom is 0.243 e. The van der Waals surface area contributed by atoms with Gasteiger partial charge in [0, 0.05) is 5.69 Å². The van der Waals surface area contributed by atoms with E-state index < -0.39 is 40.0 Å². The van der Waals surface area contributed by atoms with Crippen LogP contribution in [0.3, 0.4) is 0 Å². The molecule has 1 rings (SSSR count). The number of hydrogen-bond acceptors (Lipinski definition) is 5. The predicted octanol–water partition coefficient (Wildman–Crippen LogP) is -0.652. The van der Waals surface area contributed by atoms with Crippen LogP contribution in [-0.4, -0.2) is 37.9 Å². The van der Waals surface area contributed by atoms with Crippen LogP contribution in [0.15, 0.2) is 17.0 Å². The van der Waals surface area contributed by atoms with Gasteiger partial charge in [0.05, 0.1) is 19.3 Å². The van der Waals surface area contributed by atoms with Crippen LogP contribution < -0.4 is 10.5 Å². The van der Waals surface area contributed by atoms with Crippen molar-refractivity contribution in [3.63, 3.8) is 0 Å². The first-order chi connectivity index (χ1) is 8.31. The maximum absolute atomic E-state index is 13.7. The van der Waals surface area contributed by atoms with Crippen LogP contribution in [0.1, 0.15) is 5.56 Å². The molecule has 0 saturated carbocycles. The van der Waals surface area contributed by atoms with E-state index in [4.69, 9.17) is 15.9 Å². The van der Waals surface area contributed by atoms with Crippen LogP contribution in [0.5, 0.6) is 0 Å². The lowest BCUT2D eigenvalue weighted by molar-refractivity contribution is 0.185. The number of aliphatic hydroxyl groups excluding tert-OH is 2. The van der Waals surface area contributed by atoms with Crippen molar-refractivity contribution in [2.45, 2.75) is 17.9 Å². The molecule has 0 saturated heterocycles. The highest BCUT2D eigenvalue weighted by atomic mass is 32.2. The summed E-state index contributed by atoms with van der Waals surface area (Å²) in [6, 6.07) is 1.21. The number of rotatable bonds is 5. The average molecular weight is 278 g/mol. The standard InChI is InChI=1S/C10H15FN2O4S/c1-6-2-7(12)3-9(10(6)11)18(16,17)13-8(4-14)5-15/h2-3,8,13-15H,4-5,12H2,1H3. The summed E-state index contributed by atoms with van der Waals surface area (Å²) in [5, 5.41) is 17.6. The van der Waals surface area contributed by atoms with Gasteiger partial charge in [0.1, 0.15) is 10.7 Å². The van der Waals surface area contributed by atoms with E-state index in [1.807, 2.05) is 4.72 Å². The number of anilines is 1. The summed E-state index contributed by atoms with van der Waals surface area (Å²) in [6.45, 7) is 0.192. The smallest absolute Gasteiger partial charge is 0.243 e. The molecule has 0 atom stereocenters. The van der Waals surface area contributed by atoms with Gasteiger partial charge in [-0.2, -0.15) is 0 Å². The molecule has 0 aliphatic rings. The van der Waals surface area contributed by atoms with Gasteiger partial charge in [-0.1, -0.05) is 0 Å². The van der Waals surface area contributed by atoms with Crippen LogP contribution in [0.25, 0.3) is 0 Å². The SMILES string of the molecule is Cc1cc(N)cc(S(=O)(=O)NC(CO)CO)c1F. The minimum absolute atomic E-state index is 0.0971. The molecule has 0 aromatic heterocycles. The lowest BCUT2D eigenvalue weighted by atomic mass is 10.2. The Morgan fingerprint density at radius 1 is 1.39 bits per heavy atom. The third-order valence-electron chi connectivity index (χ3n) is 2.30. The van der Waals surface area contributed by atoms with E-state index in [-0.39, 0.29) is 11.3 Å². The van der Waals surface area contributed by atoms with E-state index in [1.54, 1.807) is 0 Å². The Kier molecular flexibility index (Phi) is 4.63. The molecule has 0 spiro atoms. The number of hydrogen-bond donors (Lipinski definition) is 4. The largest absolute Gasteiger partial charge is 0.399 e. The Labute approximate surface area is 104 Å². The number of aryl methyl sites for hydroxylation is 1. The molecule has 0 aliphatic heterocycles. The molecule has 1 aromatic carbocycles. The second-order valence-electron chi connectivity index (χ2n) is 3.83. The Balaban J connectivity index is 3.20. The van der Waals surface area contributed by atoms with Gasteiger partial charge in [0.15, 0.2) is 0 Å². The van der Waals surface area contributed by atoms with Crippen LogP contribution >= 0.6 is 0 Å². The molecular weight excluding hydrogens is 263 g/mol. The van der Waals surface area contributed by atoms with Crippen LogP contribution in [0.4, 0.5) is 10.1 Å². The number of halogens is 1. The third-order valence-corrected chi connectivity index (χ3v) is 3.82. The summed E-state index contributed by atoms with van der Waals surface area (Å²) in [6.07, 6.45) is 0. The second-order valence-corrected chi connectivity index (χ2v) is 5.52. The highest BCUT2D eigenvalue weighted by Gasteiger charge is 2.24. The molecule has 1 aromatic rings. The highest BCUT2D eigenvalue weighted by Crippen LogP contribution is 2.21. The number of nitrogens with one attached hydrogen (secondary N) is 1. The molecule has 0 unspecified atom stereocenters. The summed E-state index contributed by atoms with van der Waals surface area (Å²) in [5.74, 6) is -0.911. The van der Waals surface area contributed by atoms with Crippen molar-refractivity contribution in [2.24, 2.45) is 0 Å². The summed E-state index contributed by atoms with van der Waals surface area (Å²) in [4.78, 5) is -0.605. The van der Waals surface area contributed by atoms with Gasteiger partial charge in [-0.25, -0.2) is 17.5 Å². The van der Waals surface area contributed by atoms with Crippen molar-refractivity contribution in [1.82, 2.24) is 4.72 Å². The molecule has 0 bridgehead atoms. The molecule has 0 amide bonds. The van der Waals surface area contributed by atoms with Gasteiger partial charge >= 0.3 is 0 Å². The molecule has 18 heavy (non-hydrogen) atoms. The van der Waals surface area contributed by atoms with E-state index in [9.17, 15) is 12.8 Å². The molecule has 6 nitrogen and oxygen atoms in total. The van der Waals surface area contributed by atoms with Crippen molar-refractivity contribution < 1.29 is 23.0 Å². The Morgan fingerprint density at radius 3 is 2.44 bits per heavy atom. The minimum Gasteiger partial charge on any atom is -0.399 e. The van der Waals surface area contributed by atoms with Crippen LogP contribution in [0, 0.1) is 12.7 Å². The monoisotopic (exact) mass is 278 g/mol. The summed E-state index contributed by atoms with van der Waals surface area (Å²) < 4.78 is 39.4. The number of nitrogen functional groups attached to an aromatic ring is 1. The minimum atomic E-state index is -4.18. The van der Waals surface area contributed by atoms with E-state index >= 15 is 0 Å². The van der Waals surface area contributed by atoms with Crippen molar-refractivity contribution in [3.05, 3.63) is 23.5 Å². The maximum atomic E-state index is 13.7. The van der Waals surface area contributed by atoms with Gasteiger partial charge in [-0.3, -0.25) is 0 Å². The van der Waals surface area contributed by atoms with Crippen molar-refractivity contribution >= 4 is 15.7 Å². The second kappa shape index (κ2) is 5.61. The van der Waals surface area contributed by atoms with Crippen molar-refractivity contribution in [3.8, 4) is 0 Å². The molecule has 0 aliphatic carbocycles. The topological polar surface area (TPSA) is 113 Å². The fourth-order valence-electron chi connectivity index (χ4n) is 1.37. The summed E-state index contributed by atoms with van der Waals surface area (Å²) in [5.41, 5.74) is 5.67. The first kappa shape index (κ1) is 14.8. The molecule has 0 radical (unpaired) electrons. The fraction of sp³-hybridized carbons (Fsp3) is 0.400. The Bertz CT molecular complexity index is 529. The Hall–Kier alpha value is -1.22. The normalized spacial score (nSPS) is 12.1. The highest BCUT2D eigenvalue weighted by molar-refractivity contribution is 7.89. The first-order valence-corrected chi connectivity index (χ1v) is 6.59. The quantitative estimate of drug-likeness (QED) is 0.535. The summed E-state index contributed by atoms with van der Waals surface area (Å²) in [7, 11) is -4.18. The van der Waals surface area contributed by atoms with Crippen LogP contribution in [0.2, 0.25) is 0 Å². The number of nitrogens with two attached hydrogens (primary N) is 1. The number of sulfonamides is 1. The molecular formula is C10H15FN2O4S. The fourth-order valence-corrected chi connectivity index (χ4v) is 2.78. The molecule has 0 heterocycles. The first-order valence-electron chi connectivity index (χ1n) is 5.11. The zero-order chi connectivity index (χ0) is 13.9. The van der Waals surface area contributed by atoms with Gasteiger partial charge in [-0.05, 0) is 24.6 Å². The zero-order valence-corrected chi connectivity index (χ0v) is 10.5. The predicted molar refractivity (Wildman–Crippen MR) is 63.8 cm³/mol. The Morgan fingerprint density at radius 2 is 1.94 bits per heavy atom. The molecule has 102 valence electrons. The van der Waals surface area contributed by atoms with Gasteiger partial charge in [0.25, 0.3) is 0 Å². The van der Waals surface area contributed by atoms with Gasteiger partial charge in [-0.15, -0.1) is 0 Å². The number of benzene rings is 1. The van der Waals surface area contributed by atoms with Gasteiger partial charge < -0.3 is 15.9 Å². The van der Waals surface area contributed by atoms with E-state index in [0.29, 0.717) is 0 Å². The van der Waals surface area contributed by atoms with E-state index in [2.05, 4.69) is 0 Å². The van der Waals surface area contributed by atoms with Crippen molar-refractivity contribution in [2.75, 3.05) is 18.9 Å². The lowest BCUT2D eigenvalue weighted by Gasteiger charge is -2.15. The average Bonchev–Trinajstić information content (AvgIpc) is 2.30. The van der Waals surface area contributed by atoms with Crippen LogP contribution in [-0.2, 0) is 10.0 Å². The van der Waals surface area contributed by atoms with Gasteiger partial charge in [0.2, 0.25) is 10.0 Å². The van der Waals surface area contributed by atoms with E-state index in [0.717, 1.165) is 6.07 Å². The number of aliphatic hydroxyl groups is 2. The van der Waals surface area contributed by atoms with Crippen molar-refractivity contribution in [1.29, 1.82) is 0 Å².